The molecule has 0 fully saturated rings. The van der Waals surface area contributed by atoms with Crippen LogP contribution in [-0.2, 0) is 6.42 Å². The second-order valence-electron chi connectivity index (χ2n) is 8.62. The van der Waals surface area contributed by atoms with Crippen molar-refractivity contribution in [2.24, 2.45) is 0 Å². The van der Waals surface area contributed by atoms with E-state index in [1.807, 2.05) is 54.9 Å². The number of para-hydroxylation sites is 1. The predicted octanol–water partition coefficient (Wildman–Crippen LogP) is 6.35. The SMILES string of the molecule is O=C(NCCc1c[nH]c2ccccc12)c1ccnc(-c2ccc3[nH]cc(-c4ccccc4)c3c2)c1. The van der Waals surface area contributed by atoms with E-state index in [4.69, 9.17) is 0 Å². The van der Waals surface area contributed by atoms with Gasteiger partial charge in [-0.25, -0.2) is 0 Å². The van der Waals surface area contributed by atoms with Crippen LogP contribution in [0.5, 0.6) is 0 Å². The first-order valence-electron chi connectivity index (χ1n) is 11.7. The fraction of sp³-hybridized carbons (Fsp3) is 0.0667. The molecule has 6 rings (SSSR count). The lowest BCUT2D eigenvalue weighted by Crippen LogP contribution is -2.25. The van der Waals surface area contributed by atoms with E-state index in [2.05, 4.69) is 56.7 Å². The van der Waals surface area contributed by atoms with Gasteiger partial charge in [-0.3, -0.25) is 9.78 Å². The van der Waals surface area contributed by atoms with Gasteiger partial charge in [0.1, 0.15) is 0 Å². The molecule has 0 bridgehead atoms. The van der Waals surface area contributed by atoms with E-state index in [0.29, 0.717) is 12.1 Å². The summed E-state index contributed by atoms with van der Waals surface area (Å²) in [5, 5.41) is 5.38. The van der Waals surface area contributed by atoms with E-state index in [1.165, 1.54) is 10.9 Å². The number of fused-ring (bicyclic) bond motifs is 2. The van der Waals surface area contributed by atoms with Gasteiger partial charge in [0.2, 0.25) is 0 Å². The minimum Gasteiger partial charge on any atom is -0.361 e. The highest BCUT2D eigenvalue weighted by atomic mass is 16.1. The first-order chi connectivity index (χ1) is 17.3. The lowest BCUT2D eigenvalue weighted by molar-refractivity contribution is 0.0954. The lowest BCUT2D eigenvalue weighted by Gasteiger charge is -2.08. The summed E-state index contributed by atoms with van der Waals surface area (Å²) in [7, 11) is 0. The van der Waals surface area contributed by atoms with Crippen molar-refractivity contribution in [2.75, 3.05) is 6.54 Å². The molecule has 0 radical (unpaired) electrons. The Morgan fingerprint density at radius 1 is 0.771 bits per heavy atom. The van der Waals surface area contributed by atoms with Crippen molar-refractivity contribution in [1.82, 2.24) is 20.3 Å². The Kier molecular flexibility index (Phi) is 5.35. The number of amides is 1. The number of aromatic amines is 2. The molecule has 3 aromatic heterocycles. The van der Waals surface area contributed by atoms with Crippen LogP contribution in [-0.4, -0.2) is 27.4 Å². The molecule has 0 spiro atoms. The van der Waals surface area contributed by atoms with Crippen LogP contribution < -0.4 is 5.32 Å². The van der Waals surface area contributed by atoms with Crippen LogP contribution in [0.15, 0.2) is 104 Å². The van der Waals surface area contributed by atoms with Gasteiger partial charge in [0, 0.05) is 63.6 Å². The molecule has 3 heterocycles. The first kappa shape index (κ1) is 20.9. The number of carbonyl (C=O) groups is 1. The fourth-order valence-electron chi connectivity index (χ4n) is 4.62. The number of hydrogen-bond donors (Lipinski definition) is 3. The number of carbonyl (C=O) groups excluding carboxylic acids is 1. The van der Waals surface area contributed by atoms with Crippen LogP contribution in [0.25, 0.3) is 44.2 Å². The van der Waals surface area contributed by atoms with E-state index >= 15 is 0 Å². The van der Waals surface area contributed by atoms with E-state index in [-0.39, 0.29) is 5.91 Å². The van der Waals surface area contributed by atoms with Crippen LogP contribution in [0, 0.1) is 0 Å². The van der Waals surface area contributed by atoms with Gasteiger partial charge in [0.15, 0.2) is 0 Å². The van der Waals surface area contributed by atoms with E-state index < -0.39 is 0 Å². The minimum atomic E-state index is -0.0961. The van der Waals surface area contributed by atoms with Gasteiger partial charge < -0.3 is 15.3 Å². The molecule has 3 aromatic carbocycles. The highest BCUT2D eigenvalue weighted by molar-refractivity contribution is 5.99. The van der Waals surface area contributed by atoms with Crippen molar-refractivity contribution in [2.45, 2.75) is 6.42 Å². The van der Waals surface area contributed by atoms with Crippen LogP contribution in [0.1, 0.15) is 15.9 Å². The molecule has 170 valence electrons. The van der Waals surface area contributed by atoms with Crippen molar-refractivity contribution in [3.05, 3.63) is 115 Å². The van der Waals surface area contributed by atoms with Crippen LogP contribution in [0.3, 0.4) is 0 Å². The summed E-state index contributed by atoms with van der Waals surface area (Å²) < 4.78 is 0. The Morgan fingerprint density at radius 2 is 1.57 bits per heavy atom. The Balaban J connectivity index is 1.21. The largest absolute Gasteiger partial charge is 0.361 e. The van der Waals surface area contributed by atoms with Gasteiger partial charge in [0.25, 0.3) is 5.91 Å². The maximum Gasteiger partial charge on any atom is 0.251 e. The Morgan fingerprint density at radius 3 is 2.49 bits per heavy atom. The summed E-state index contributed by atoms with van der Waals surface area (Å²) in [4.78, 5) is 24.1. The number of nitrogens with zero attached hydrogens (tertiary/aromatic N) is 1. The topological polar surface area (TPSA) is 73.6 Å². The van der Waals surface area contributed by atoms with Gasteiger partial charge in [-0.1, -0.05) is 54.6 Å². The van der Waals surface area contributed by atoms with Crippen LogP contribution >= 0.6 is 0 Å². The van der Waals surface area contributed by atoms with Crippen molar-refractivity contribution < 1.29 is 4.79 Å². The second-order valence-corrected chi connectivity index (χ2v) is 8.62. The van der Waals surface area contributed by atoms with Crippen LogP contribution in [0.2, 0.25) is 0 Å². The van der Waals surface area contributed by atoms with E-state index in [0.717, 1.165) is 45.2 Å². The summed E-state index contributed by atoms with van der Waals surface area (Å²) in [6.07, 6.45) is 6.51. The third-order valence-corrected chi connectivity index (χ3v) is 6.44. The van der Waals surface area contributed by atoms with Crippen molar-refractivity contribution in [3.63, 3.8) is 0 Å². The molecule has 6 aromatic rings. The summed E-state index contributed by atoms with van der Waals surface area (Å²) in [5.41, 5.74) is 8.04. The third-order valence-electron chi connectivity index (χ3n) is 6.44. The molecule has 0 atom stereocenters. The summed E-state index contributed by atoms with van der Waals surface area (Å²) >= 11 is 0. The molecule has 0 saturated carbocycles. The molecule has 0 saturated heterocycles. The maximum atomic E-state index is 12.9. The van der Waals surface area contributed by atoms with Gasteiger partial charge in [-0.2, -0.15) is 0 Å². The Hall–Kier alpha value is -4.64. The van der Waals surface area contributed by atoms with E-state index in [1.54, 1.807) is 12.3 Å². The smallest absolute Gasteiger partial charge is 0.251 e. The normalized spacial score (nSPS) is 11.2. The molecule has 5 nitrogen and oxygen atoms in total. The zero-order valence-electron chi connectivity index (χ0n) is 19.1. The van der Waals surface area contributed by atoms with Gasteiger partial charge in [-0.15, -0.1) is 0 Å². The average molecular weight is 457 g/mol. The molecule has 1 amide bonds. The molecule has 0 aliphatic heterocycles. The van der Waals surface area contributed by atoms with E-state index in [9.17, 15) is 4.79 Å². The summed E-state index contributed by atoms with van der Waals surface area (Å²) in [6, 6.07) is 28.4. The number of rotatable bonds is 6. The summed E-state index contributed by atoms with van der Waals surface area (Å²) in [6.45, 7) is 0.564. The monoisotopic (exact) mass is 456 g/mol. The van der Waals surface area contributed by atoms with Crippen molar-refractivity contribution in [1.29, 1.82) is 0 Å². The molecule has 3 N–H and O–H groups in total. The third kappa shape index (κ3) is 4.08. The number of benzene rings is 3. The van der Waals surface area contributed by atoms with Gasteiger partial charge in [-0.05, 0) is 47.9 Å². The molecule has 0 aliphatic carbocycles. The molecule has 0 aliphatic rings. The zero-order valence-corrected chi connectivity index (χ0v) is 19.1. The Bertz CT molecular complexity index is 1650. The number of hydrogen-bond acceptors (Lipinski definition) is 2. The summed E-state index contributed by atoms with van der Waals surface area (Å²) in [5.74, 6) is -0.0961. The molecule has 5 heteroatoms. The first-order valence-corrected chi connectivity index (χ1v) is 11.7. The second kappa shape index (κ2) is 8.95. The standard InChI is InChI=1S/C30H24N4O/c35-30(32-15-13-23-18-33-27-9-5-4-8-24(23)27)22-12-14-31-29(17-22)21-10-11-28-25(16-21)26(19-34-28)20-6-2-1-3-7-20/h1-12,14,16-19,33-34H,13,15H2,(H,32,35). The Labute approximate surface area is 202 Å². The lowest BCUT2D eigenvalue weighted by atomic mass is 10.0. The number of pyridine rings is 1. The molecular weight excluding hydrogens is 432 g/mol. The fourth-order valence-corrected chi connectivity index (χ4v) is 4.62. The maximum absolute atomic E-state index is 12.9. The zero-order chi connectivity index (χ0) is 23.6. The number of nitrogens with one attached hydrogen (secondary N) is 3. The van der Waals surface area contributed by atoms with Gasteiger partial charge in [0.05, 0.1) is 5.69 Å². The van der Waals surface area contributed by atoms with Crippen molar-refractivity contribution in [3.8, 4) is 22.4 Å². The average Bonchev–Trinajstić information content (AvgIpc) is 3.53. The molecular formula is C30H24N4O. The highest BCUT2D eigenvalue weighted by Gasteiger charge is 2.11. The number of H-pyrrole nitrogens is 2. The molecule has 0 unspecified atom stereocenters. The highest BCUT2D eigenvalue weighted by Crippen LogP contribution is 2.31. The quantitative estimate of drug-likeness (QED) is 0.273. The van der Waals surface area contributed by atoms with Crippen LogP contribution in [0.4, 0.5) is 0 Å². The minimum absolute atomic E-state index is 0.0961. The van der Waals surface area contributed by atoms with Gasteiger partial charge >= 0.3 is 0 Å². The van der Waals surface area contributed by atoms with Crippen molar-refractivity contribution >= 4 is 27.7 Å². The number of aromatic nitrogens is 3. The predicted molar refractivity (Wildman–Crippen MR) is 141 cm³/mol. The molecule has 35 heavy (non-hydrogen) atoms.